The van der Waals surface area contributed by atoms with E-state index in [1.165, 1.54) is 4.31 Å². The SMILES string of the molecule is CNCCCNC(=O)C1CCCCN1S(=O)(=O)c1ccccc1.Cl. The van der Waals surface area contributed by atoms with Gasteiger partial charge in [-0.05, 0) is 45.0 Å². The third-order valence-corrected chi connectivity index (χ3v) is 5.93. The van der Waals surface area contributed by atoms with E-state index in [0.717, 1.165) is 25.8 Å². The second kappa shape index (κ2) is 9.98. The standard InChI is InChI=1S/C16H25N3O3S.ClH/c1-17-11-7-12-18-16(20)15-10-5-6-13-19(15)23(21,22)14-8-3-2-4-9-14;/h2-4,8-9,15,17H,5-7,10-13H2,1H3,(H,18,20);1H. The molecular formula is C16H26ClN3O3S. The Morgan fingerprint density at radius 2 is 1.92 bits per heavy atom. The van der Waals surface area contributed by atoms with Crippen LogP contribution in [0.3, 0.4) is 0 Å². The van der Waals surface area contributed by atoms with Crippen LogP contribution >= 0.6 is 12.4 Å². The highest BCUT2D eigenvalue weighted by Gasteiger charge is 2.37. The highest BCUT2D eigenvalue weighted by Crippen LogP contribution is 2.25. The number of sulfonamides is 1. The predicted molar refractivity (Wildman–Crippen MR) is 96.8 cm³/mol. The molecule has 8 heteroatoms. The number of hydrogen-bond donors (Lipinski definition) is 2. The molecule has 1 aliphatic heterocycles. The number of carbonyl (C=O) groups excluding carboxylic acids is 1. The Kier molecular flexibility index (Phi) is 8.69. The Morgan fingerprint density at radius 1 is 1.21 bits per heavy atom. The van der Waals surface area contributed by atoms with Crippen molar-refractivity contribution in [3.8, 4) is 0 Å². The number of amides is 1. The van der Waals surface area contributed by atoms with E-state index < -0.39 is 16.1 Å². The quantitative estimate of drug-likeness (QED) is 0.706. The highest BCUT2D eigenvalue weighted by atomic mass is 35.5. The largest absolute Gasteiger partial charge is 0.355 e. The summed E-state index contributed by atoms with van der Waals surface area (Å²) in [5, 5.41) is 5.87. The van der Waals surface area contributed by atoms with Gasteiger partial charge < -0.3 is 10.6 Å². The Hall–Kier alpha value is -1.15. The molecule has 0 aliphatic carbocycles. The molecule has 0 spiro atoms. The average Bonchev–Trinajstić information content (AvgIpc) is 2.59. The van der Waals surface area contributed by atoms with Crippen molar-refractivity contribution < 1.29 is 13.2 Å². The molecule has 2 rings (SSSR count). The maximum absolute atomic E-state index is 12.8. The summed E-state index contributed by atoms with van der Waals surface area (Å²) in [5.74, 6) is -0.194. The van der Waals surface area contributed by atoms with Crippen molar-refractivity contribution in [2.24, 2.45) is 0 Å². The fraction of sp³-hybridized carbons (Fsp3) is 0.562. The van der Waals surface area contributed by atoms with E-state index in [9.17, 15) is 13.2 Å². The van der Waals surface area contributed by atoms with Gasteiger partial charge in [-0.25, -0.2) is 8.42 Å². The molecule has 0 saturated carbocycles. The van der Waals surface area contributed by atoms with Gasteiger partial charge in [-0.3, -0.25) is 4.79 Å². The molecule has 6 nitrogen and oxygen atoms in total. The summed E-state index contributed by atoms with van der Waals surface area (Å²) in [5.41, 5.74) is 0. The zero-order chi connectivity index (χ0) is 16.7. The molecule has 0 aromatic heterocycles. The second-order valence-electron chi connectivity index (χ2n) is 5.69. The van der Waals surface area contributed by atoms with E-state index in [2.05, 4.69) is 10.6 Å². The van der Waals surface area contributed by atoms with Crippen LogP contribution < -0.4 is 10.6 Å². The Bertz CT molecular complexity index is 610. The first-order valence-electron chi connectivity index (χ1n) is 8.06. The van der Waals surface area contributed by atoms with Gasteiger partial charge in [0.15, 0.2) is 0 Å². The maximum atomic E-state index is 12.8. The lowest BCUT2D eigenvalue weighted by Crippen LogP contribution is -2.52. The Morgan fingerprint density at radius 3 is 2.58 bits per heavy atom. The Balaban J connectivity index is 0.00000288. The molecular weight excluding hydrogens is 350 g/mol. The van der Waals surface area contributed by atoms with Crippen molar-refractivity contribution in [2.75, 3.05) is 26.7 Å². The molecule has 24 heavy (non-hydrogen) atoms. The van der Waals surface area contributed by atoms with Crippen LogP contribution in [-0.4, -0.2) is 51.4 Å². The van der Waals surface area contributed by atoms with E-state index in [0.29, 0.717) is 19.5 Å². The molecule has 1 heterocycles. The zero-order valence-electron chi connectivity index (χ0n) is 13.9. The van der Waals surface area contributed by atoms with Crippen molar-refractivity contribution in [2.45, 2.75) is 36.6 Å². The van der Waals surface area contributed by atoms with Gasteiger partial charge in [0.2, 0.25) is 15.9 Å². The molecule has 0 radical (unpaired) electrons. The van der Waals surface area contributed by atoms with E-state index in [-0.39, 0.29) is 23.2 Å². The number of rotatable bonds is 7. The number of benzene rings is 1. The minimum absolute atomic E-state index is 0. The molecule has 1 aliphatic rings. The summed E-state index contributed by atoms with van der Waals surface area (Å²) in [6, 6.07) is 7.72. The fourth-order valence-electron chi connectivity index (χ4n) is 2.78. The minimum atomic E-state index is -3.63. The zero-order valence-corrected chi connectivity index (χ0v) is 15.5. The summed E-state index contributed by atoms with van der Waals surface area (Å²) in [6.45, 7) is 1.76. The van der Waals surface area contributed by atoms with Crippen LogP contribution in [-0.2, 0) is 14.8 Å². The summed E-state index contributed by atoms with van der Waals surface area (Å²) >= 11 is 0. The predicted octanol–water partition coefficient (Wildman–Crippen LogP) is 1.38. The van der Waals surface area contributed by atoms with Gasteiger partial charge in [0.25, 0.3) is 0 Å². The Labute approximate surface area is 150 Å². The smallest absolute Gasteiger partial charge is 0.243 e. The third kappa shape index (κ3) is 5.17. The second-order valence-corrected chi connectivity index (χ2v) is 7.58. The molecule has 2 N–H and O–H groups in total. The summed E-state index contributed by atoms with van der Waals surface area (Å²) < 4.78 is 27.0. The summed E-state index contributed by atoms with van der Waals surface area (Å²) in [4.78, 5) is 12.7. The van der Waals surface area contributed by atoms with Gasteiger partial charge in [0.05, 0.1) is 4.90 Å². The summed E-state index contributed by atoms with van der Waals surface area (Å²) in [6.07, 6.45) is 3.05. The number of nitrogens with zero attached hydrogens (tertiary/aromatic N) is 1. The maximum Gasteiger partial charge on any atom is 0.243 e. The van der Waals surface area contributed by atoms with Crippen LogP contribution in [0, 0.1) is 0 Å². The highest BCUT2D eigenvalue weighted by molar-refractivity contribution is 7.89. The van der Waals surface area contributed by atoms with Gasteiger partial charge in [-0.15, -0.1) is 12.4 Å². The first-order valence-corrected chi connectivity index (χ1v) is 9.50. The van der Waals surface area contributed by atoms with E-state index in [1.807, 2.05) is 7.05 Å². The van der Waals surface area contributed by atoms with E-state index >= 15 is 0 Å². The van der Waals surface area contributed by atoms with Gasteiger partial charge >= 0.3 is 0 Å². The molecule has 1 amide bonds. The molecule has 1 saturated heterocycles. The number of nitrogens with one attached hydrogen (secondary N) is 2. The van der Waals surface area contributed by atoms with Crippen molar-refractivity contribution in [1.29, 1.82) is 0 Å². The van der Waals surface area contributed by atoms with Crippen LogP contribution in [0.1, 0.15) is 25.7 Å². The molecule has 1 unspecified atom stereocenters. The number of piperidine rings is 1. The molecule has 1 aromatic rings. The van der Waals surface area contributed by atoms with Gasteiger partial charge in [0, 0.05) is 13.1 Å². The van der Waals surface area contributed by atoms with Crippen molar-refractivity contribution in [3.63, 3.8) is 0 Å². The van der Waals surface area contributed by atoms with Gasteiger partial charge in [-0.2, -0.15) is 4.31 Å². The number of hydrogen-bond acceptors (Lipinski definition) is 4. The van der Waals surface area contributed by atoms with E-state index in [4.69, 9.17) is 0 Å². The fourth-order valence-corrected chi connectivity index (χ4v) is 4.45. The van der Waals surface area contributed by atoms with Crippen LogP contribution in [0.25, 0.3) is 0 Å². The van der Waals surface area contributed by atoms with Crippen LogP contribution in [0.5, 0.6) is 0 Å². The molecule has 1 fully saturated rings. The summed E-state index contributed by atoms with van der Waals surface area (Å²) in [7, 11) is -1.77. The third-order valence-electron chi connectivity index (χ3n) is 4.01. The van der Waals surface area contributed by atoms with Crippen molar-refractivity contribution in [1.82, 2.24) is 14.9 Å². The lowest BCUT2D eigenvalue weighted by Gasteiger charge is -2.33. The lowest BCUT2D eigenvalue weighted by molar-refractivity contribution is -0.125. The normalized spacial score (nSPS) is 18.6. The van der Waals surface area contributed by atoms with Crippen molar-refractivity contribution in [3.05, 3.63) is 30.3 Å². The molecule has 136 valence electrons. The van der Waals surface area contributed by atoms with Gasteiger partial charge in [-0.1, -0.05) is 24.6 Å². The number of carbonyl (C=O) groups is 1. The van der Waals surface area contributed by atoms with Crippen molar-refractivity contribution >= 4 is 28.3 Å². The molecule has 1 atom stereocenters. The van der Waals surface area contributed by atoms with Gasteiger partial charge in [0.1, 0.15) is 6.04 Å². The molecule has 1 aromatic carbocycles. The number of halogens is 1. The lowest BCUT2D eigenvalue weighted by atomic mass is 10.0. The topological polar surface area (TPSA) is 78.5 Å². The van der Waals surface area contributed by atoms with E-state index in [1.54, 1.807) is 30.3 Å². The van der Waals surface area contributed by atoms with Crippen LogP contribution in [0.2, 0.25) is 0 Å². The first kappa shape index (κ1) is 20.9. The first-order chi connectivity index (χ1) is 11.1. The van der Waals surface area contributed by atoms with Crippen LogP contribution in [0.15, 0.2) is 35.2 Å². The molecule has 0 bridgehead atoms. The minimum Gasteiger partial charge on any atom is -0.355 e. The average molecular weight is 376 g/mol. The monoisotopic (exact) mass is 375 g/mol. The van der Waals surface area contributed by atoms with Crippen LogP contribution in [0.4, 0.5) is 0 Å².